The summed E-state index contributed by atoms with van der Waals surface area (Å²) in [5, 5.41) is 12.8. The standard InChI is InChI=1S/C17H18N4O2S/c1-2-21-9-3-4-14(21)16(22)20-17-19-11-15(24-17)23-13-7-5-12(10-18)6-8-13/h5-8,11,14H,2-4,9H2,1H3,(H,19,20,22). The summed E-state index contributed by atoms with van der Waals surface area (Å²) in [6.07, 6.45) is 3.53. The third kappa shape index (κ3) is 3.72. The van der Waals surface area contributed by atoms with Gasteiger partial charge in [-0.25, -0.2) is 4.98 Å². The van der Waals surface area contributed by atoms with Gasteiger partial charge in [0, 0.05) is 0 Å². The highest BCUT2D eigenvalue weighted by Gasteiger charge is 2.29. The molecule has 1 aromatic heterocycles. The number of thiazole rings is 1. The Balaban J connectivity index is 1.60. The van der Waals surface area contributed by atoms with Crippen LogP contribution < -0.4 is 10.1 Å². The van der Waals surface area contributed by atoms with Gasteiger partial charge in [-0.1, -0.05) is 18.3 Å². The highest BCUT2D eigenvalue weighted by atomic mass is 32.1. The molecule has 1 fully saturated rings. The maximum absolute atomic E-state index is 12.4. The maximum Gasteiger partial charge on any atom is 0.243 e. The molecule has 0 aliphatic carbocycles. The number of likely N-dealkylation sites (tertiary alicyclic amines) is 1. The summed E-state index contributed by atoms with van der Waals surface area (Å²) in [6.45, 7) is 3.92. The fraction of sp³-hybridized carbons (Fsp3) is 0.353. The minimum absolute atomic E-state index is 0.00590. The predicted octanol–water partition coefficient (Wildman–Crippen LogP) is 3.23. The molecule has 2 heterocycles. The van der Waals surface area contributed by atoms with E-state index in [9.17, 15) is 4.79 Å². The number of nitriles is 1. The largest absolute Gasteiger partial charge is 0.445 e. The van der Waals surface area contributed by atoms with Crippen LogP contribution in [0, 0.1) is 11.3 Å². The molecule has 2 aromatic rings. The fourth-order valence-corrected chi connectivity index (χ4v) is 3.46. The van der Waals surface area contributed by atoms with Crippen LogP contribution in [0.2, 0.25) is 0 Å². The molecule has 3 rings (SSSR count). The molecular weight excluding hydrogens is 324 g/mol. The van der Waals surface area contributed by atoms with Crippen molar-refractivity contribution in [3.63, 3.8) is 0 Å². The lowest BCUT2D eigenvalue weighted by molar-refractivity contribution is -0.120. The van der Waals surface area contributed by atoms with Crippen LogP contribution in [0.25, 0.3) is 0 Å². The molecular formula is C17H18N4O2S. The van der Waals surface area contributed by atoms with Crippen LogP contribution in [0.15, 0.2) is 30.5 Å². The average Bonchev–Trinajstić information content (AvgIpc) is 3.24. The number of ether oxygens (including phenoxy) is 1. The van der Waals surface area contributed by atoms with Gasteiger partial charge in [-0.2, -0.15) is 5.26 Å². The molecule has 0 bridgehead atoms. The van der Waals surface area contributed by atoms with Crippen molar-refractivity contribution in [2.24, 2.45) is 0 Å². The molecule has 7 heteroatoms. The Morgan fingerprint density at radius 2 is 2.29 bits per heavy atom. The van der Waals surface area contributed by atoms with Crippen molar-refractivity contribution in [2.75, 3.05) is 18.4 Å². The molecule has 1 aliphatic rings. The molecule has 1 unspecified atom stereocenters. The maximum atomic E-state index is 12.4. The lowest BCUT2D eigenvalue weighted by Gasteiger charge is -2.20. The SMILES string of the molecule is CCN1CCCC1C(=O)Nc1ncc(Oc2ccc(C#N)cc2)s1. The second kappa shape index (κ2) is 7.43. The zero-order chi connectivity index (χ0) is 16.9. The van der Waals surface area contributed by atoms with Crippen molar-refractivity contribution >= 4 is 22.4 Å². The number of carbonyl (C=O) groups excluding carboxylic acids is 1. The van der Waals surface area contributed by atoms with Gasteiger partial charge in [0.1, 0.15) is 5.75 Å². The molecule has 1 aromatic carbocycles. The molecule has 1 atom stereocenters. The number of aromatic nitrogens is 1. The van der Waals surface area contributed by atoms with E-state index in [0.29, 0.717) is 21.5 Å². The molecule has 24 heavy (non-hydrogen) atoms. The van der Waals surface area contributed by atoms with Gasteiger partial charge in [0.25, 0.3) is 0 Å². The molecule has 1 amide bonds. The summed E-state index contributed by atoms with van der Waals surface area (Å²) in [7, 11) is 0. The smallest absolute Gasteiger partial charge is 0.243 e. The summed E-state index contributed by atoms with van der Waals surface area (Å²) in [5.41, 5.74) is 0.580. The first-order chi connectivity index (χ1) is 11.7. The van der Waals surface area contributed by atoms with E-state index in [1.165, 1.54) is 11.3 Å². The molecule has 1 saturated heterocycles. The van der Waals surface area contributed by atoms with Crippen LogP contribution in [0.1, 0.15) is 25.3 Å². The average molecular weight is 342 g/mol. The van der Waals surface area contributed by atoms with Crippen molar-refractivity contribution in [1.82, 2.24) is 9.88 Å². The molecule has 0 spiro atoms. The summed E-state index contributed by atoms with van der Waals surface area (Å²) >= 11 is 1.28. The highest BCUT2D eigenvalue weighted by Crippen LogP contribution is 2.31. The molecule has 1 aliphatic heterocycles. The van der Waals surface area contributed by atoms with E-state index in [2.05, 4.69) is 28.2 Å². The Morgan fingerprint density at radius 1 is 1.50 bits per heavy atom. The number of rotatable bonds is 5. The van der Waals surface area contributed by atoms with Crippen LogP contribution >= 0.6 is 11.3 Å². The predicted molar refractivity (Wildman–Crippen MR) is 92.2 cm³/mol. The van der Waals surface area contributed by atoms with Gasteiger partial charge in [0.05, 0.1) is 23.9 Å². The van der Waals surface area contributed by atoms with E-state index < -0.39 is 0 Å². The number of nitrogens with one attached hydrogen (secondary N) is 1. The lowest BCUT2D eigenvalue weighted by Crippen LogP contribution is -2.39. The number of hydrogen-bond donors (Lipinski definition) is 1. The lowest BCUT2D eigenvalue weighted by atomic mass is 10.2. The van der Waals surface area contributed by atoms with Gasteiger partial charge in [-0.15, -0.1) is 0 Å². The number of carbonyl (C=O) groups is 1. The Bertz CT molecular complexity index is 751. The van der Waals surface area contributed by atoms with Crippen molar-refractivity contribution in [3.05, 3.63) is 36.0 Å². The molecule has 6 nitrogen and oxygen atoms in total. The number of nitrogens with zero attached hydrogens (tertiary/aromatic N) is 3. The van der Waals surface area contributed by atoms with Crippen LogP contribution in [-0.2, 0) is 4.79 Å². The number of amides is 1. The Kier molecular flexibility index (Phi) is 5.08. The van der Waals surface area contributed by atoms with Crippen LogP contribution in [0.4, 0.5) is 5.13 Å². The zero-order valence-corrected chi connectivity index (χ0v) is 14.2. The monoisotopic (exact) mass is 342 g/mol. The van der Waals surface area contributed by atoms with E-state index in [4.69, 9.17) is 10.00 Å². The first-order valence-corrected chi connectivity index (χ1v) is 8.70. The third-order valence-electron chi connectivity index (χ3n) is 3.99. The molecule has 1 N–H and O–H groups in total. The van der Waals surface area contributed by atoms with E-state index in [-0.39, 0.29) is 11.9 Å². The number of benzene rings is 1. The second-order valence-corrected chi connectivity index (χ2v) is 6.49. The minimum atomic E-state index is -0.0678. The molecule has 0 saturated carbocycles. The van der Waals surface area contributed by atoms with Crippen LogP contribution in [0.5, 0.6) is 10.8 Å². The Labute approximate surface area is 144 Å². The van der Waals surface area contributed by atoms with Gasteiger partial charge in [-0.05, 0) is 50.2 Å². The van der Waals surface area contributed by atoms with Crippen molar-refractivity contribution in [3.8, 4) is 16.9 Å². The van der Waals surface area contributed by atoms with E-state index in [1.807, 2.05) is 0 Å². The highest BCUT2D eigenvalue weighted by molar-refractivity contribution is 7.17. The fourth-order valence-electron chi connectivity index (χ4n) is 2.77. The quantitative estimate of drug-likeness (QED) is 0.902. The summed E-state index contributed by atoms with van der Waals surface area (Å²) in [5.74, 6) is 0.622. The van der Waals surface area contributed by atoms with Crippen molar-refractivity contribution in [1.29, 1.82) is 5.26 Å². The zero-order valence-electron chi connectivity index (χ0n) is 13.4. The van der Waals surface area contributed by atoms with Crippen molar-refractivity contribution in [2.45, 2.75) is 25.8 Å². The second-order valence-electron chi connectivity index (χ2n) is 5.50. The van der Waals surface area contributed by atoms with Gasteiger partial charge in [-0.3, -0.25) is 9.69 Å². The van der Waals surface area contributed by atoms with Crippen LogP contribution in [0.3, 0.4) is 0 Å². The summed E-state index contributed by atoms with van der Waals surface area (Å²) < 4.78 is 5.69. The van der Waals surface area contributed by atoms with E-state index >= 15 is 0 Å². The van der Waals surface area contributed by atoms with E-state index in [0.717, 1.165) is 25.9 Å². The van der Waals surface area contributed by atoms with Crippen molar-refractivity contribution < 1.29 is 9.53 Å². The topological polar surface area (TPSA) is 78.2 Å². The minimum Gasteiger partial charge on any atom is -0.445 e. The normalized spacial score (nSPS) is 17.4. The Hall–Kier alpha value is -2.43. The van der Waals surface area contributed by atoms with Gasteiger partial charge in [0.2, 0.25) is 11.0 Å². The Morgan fingerprint density at radius 3 is 3.00 bits per heavy atom. The first-order valence-electron chi connectivity index (χ1n) is 7.88. The van der Waals surface area contributed by atoms with E-state index in [1.54, 1.807) is 30.5 Å². The van der Waals surface area contributed by atoms with Gasteiger partial charge < -0.3 is 10.1 Å². The summed E-state index contributed by atoms with van der Waals surface area (Å²) in [4.78, 5) is 18.7. The van der Waals surface area contributed by atoms with Crippen LogP contribution in [-0.4, -0.2) is 34.9 Å². The van der Waals surface area contributed by atoms with Gasteiger partial charge in [0.15, 0.2) is 5.13 Å². The summed E-state index contributed by atoms with van der Waals surface area (Å²) in [6, 6.07) is 8.84. The number of hydrogen-bond acceptors (Lipinski definition) is 6. The first kappa shape index (κ1) is 16.4. The number of likely N-dealkylation sites (N-methyl/N-ethyl adjacent to an activating group) is 1. The number of anilines is 1. The third-order valence-corrected chi connectivity index (χ3v) is 4.78. The van der Waals surface area contributed by atoms with Gasteiger partial charge >= 0.3 is 0 Å². The molecule has 124 valence electrons. The molecule has 0 radical (unpaired) electrons.